The van der Waals surface area contributed by atoms with Crippen molar-refractivity contribution < 1.29 is 31.1 Å². The number of piperidine rings is 1. The SMILES string of the molecule is COc1cc(S(C)(=O)=O)ccc1NCC#CC1=CC2=C(N[C@H]3CC[C@@H](N4CCC5(CCOCC5)CC4)CC3)C=CCC2N1CC(F)(F)F. The fourth-order valence-corrected chi connectivity index (χ4v) is 8.64. The summed E-state index contributed by atoms with van der Waals surface area (Å²) in [5.74, 6) is 6.28. The highest BCUT2D eigenvalue weighted by molar-refractivity contribution is 7.90. The summed E-state index contributed by atoms with van der Waals surface area (Å²) in [4.78, 5) is 4.19. The summed E-state index contributed by atoms with van der Waals surface area (Å²) < 4.78 is 76.1. The molecule has 1 spiro atoms. The highest BCUT2D eigenvalue weighted by Crippen LogP contribution is 2.42. The number of likely N-dealkylation sites (tertiary alicyclic amines) is 1. The fourth-order valence-electron chi connectivity index (χ4n) is 8.01. The van der Waals surface area contributed by atoms with E-state index in [9.17, 15) is 21.6 Å². The molecule has 0 amide bonds. The zero-order valence-corrected chi connectivity index (χ0v) is 28.7. The predicted octanol–water partition coefficient (Wildman–Crippen LogP) is 5.65. The lowest BCUT2D eigenvalue weighted by Crippen LogP contribution is -2.49. The largest absolute Gasteiger partial charge is 0.495 e. The van der Waals surface area contributed by atoms with Crippen molar-refractivity contribution in [1.29, 1.82) is 0 Å². The van der Waals surface area contributed by atoms with Gasteiger partial charge in [-0.25, -0.2) is 8.42 Å². The Morgan fingerprint density at radius 1 is 1.08 bits per heavy atom. The summed E-state index contributed by atoms with van der Waals surface area (Å²) in [6.45, 7) is 3.20. The number of allylic oxidation sites excluding steroid dienone is 2. The van der Waals surface area contributed by atoms with E-state index in [0.29, 0.717) is 35.0 Å². The Hall–Kier alpha value is -3.14. The van der Waals surface area contributed by atoms with Crippen molar-refractivity contribution in [2.45, 2.75) is 87.0 Å². The molecular weight excluding hydrogens is 641 g/mol. The first kappa shape index (κ1) is 34.7. The second kappa shape index (κ2) is 14.4. The van der Waals surface area contributed by atoms with E-state index >= 15 is 0 Å². The molecule has 3 aliphatic heterocycles. The van der Waals surface area contributed by atoms with Crippen LogP contribution in [0.15, 0.2) is 58.3 Å². The van der Waals surface area contributed by atoms with E-state index in [2.05, 4.69) is 27.4 Å². The molecule has 2 aliphatic carbocycles. The molecule has 5 aliphatic rings. The van der Waals surface area contributed by atoms with Gasteiger partial charge in [0.2, 0.25) is 0 Å². The Balaban J connectivity index is 1.10. The van der Waals surface area contributed by atoms with Gasteiger partial charge in [-0.15, -0.1) is 0 Å². The van der Waals surface area contributed by atoms with Crippen LogP contribution in [0.2, 0.25) is 0 Å². The monoisotopic (exact) mass is 688 g/mol. The molecule has 2 saturated heterocycles. The van der Waals surface area contributed by atoms with Crippen molar-refractivity contribution in [1.82, 2.24) is 15.1 Å². The first-order valence-electron chi connectivity index (χ1n) is 17.1. The van der Waals surface area contributed by atoms with Crippen LogP contribution < -0.4 is 15.4 Å². The number of hydrogen-bond donors (Lipinski definition) is 2. The maximum Gasteiger partial charge on any atom is 0.405 e. The number of nitrogens with zero attached hydrogens (tertiary/aromatic N) is 2. The van der Waals surface area contributed by atoms with Gasteiger partial charge in [0, 0.05) is 48.9 Å². The third-order valence-electron chi connectivity index (χ3n) is 10.8. The lowest BCUT2D eigenvalue weighted by Gasteiger charge is -2.47. The van der Waals surface area contributed by atoms with Gasteiger partial charge >= 0.3 is 6.18 Å². The Morgan fingerprint density at radius 3 is 2.48 bits per heavy atom. The van der Waals surface area contributed by atoms with E-state index < -0.39 is 28.6 Å². The summed E-state index contributed by atoms with van der Waals surface area (Å²) in [6.07, 6.45) is 12.3. The number of alkyl halides is 3. The summed E-state index contributed by atoms with van der Waals surface area (Å²) in [7, 11) is -1.97. The predicted molar refractivity (Wildman–Crippen MR) is 180 cm³/mol. The molecule has 48 heavy (non-hydrogen) atoms. The average Bonchev–Trinajstić information content (AvgIpc) is 3.40. The number of methoxy groups -OCH3 is 1. The molecule has 1 saturated carbocycles. The van der Waals surface area contributed by atoms with Crippen LogP contribution in [-0.4, -0.2) is 95.3 Å². The lowest BCUT2D eigenvalue weighted by molar-refractivity contribution is -0.143. The average molecular weight is 689 g/mol. The van der Waals surface area contributed by atoms with E-state index in [1.54, 1.807) is 6.07 Å². The van der Waals surface area contributed by atoms with Crippen molar-refractivity contribution in [3.63, 3.8) is 0 Å². The van der Waals surface area contributed by atoms with Crippen LogP contribution in [0.25, 0.3) is 0 Å². The molecule has 1 aromatic carbocycles. The molecule has 2 N–H and O–H groups in total. The fraction of sp³-hybridized carbons (Fsp3) is 0.611. The van der Waals surface area contributed by atoms with Crippen LogP contribution in [0, 0.1) is 17.3 Å². The quantitative estimate of drug-likeness (QED) is 0.340. The Morgan fingerprint density at radius 2 is 1.81 bits per heavy atom. The molecular formula is C36H47F3N4O4S. The van der Waals surface area contributed by atoms with E-state index in [0.717, 1.165) is 56.4 Å². The van der Waals surface area contributed by atoms with Gasteiger partial charge < -0.3 is 29.9 Å². The first-order chi connectivity index (χ1) is 22.9. The molecule has 0 aromatic heterocycles. The normalized spacial score (nSPS) is 26.1. The van der Waals surface area contributed by atoms with Gasteiger partial charge in [-0.3, -0.25) is 0 Å². The molecule has 262 valence electrons. The third kappa shape index (κ3) is 8.17. The maximum absolute atomic E-state index is 13.8. The molecule has 1 aromatic rings. The van der Waals surface area contributed by atoms with E-state index in [1.165, 1.54) is 62.9 Å². The van der Waals surface area contributed by atoms with Crippen LogP contribution in [0.1, 0.15) is 57.8 Å². The van der Waals surface area contributed by atoms with Gasteiger partial charge in [0.25, 0.3) is 0 Å². The van der Waals surface area contributed by atoms with E-state index in [1.807, 2.05) is 18.2 Å². The standard InChI is InChI=1S/C36H47F3N4O4S/c1-46-34-24-29(48(2,44)45)12-13-32(34)40-18-4-5-28-23-30-31(6-3-7-33(30)43(28)25-36(37,38)39)41-26-8-10-27(11-9-26)42-19-14-35(15-20-42)16-21-47-22-17-35/h3,6,12-13,23-24,26-27,33,40-41H,7-11,14-22,25H2,1-2H3/t26-,27+,33?. The minimum absolute atomic E-state index is 0.127. The van der Waals surface area contributed by atoms with Crippen molar-refractivity contribution in [3.05, 3.63) is 53.4 Å². The number of benzene rings is 1. The zero-order valence-electron chi connectivity index (χ0n) is 27.9. The summed E-state index contributed by atoms with van der Waals surface area (Å²) in [6, 6.07) is 4.95. The van der Waals surface area contributed by atoms with Gasteiger partial charge in [-0.1, -0.05) is 12.0 Å². The molecule has 0 bridgehead atoms. The van der Waals surface area contributed by atoms with Gasteiger partial charge in [0.05, 0.1) is 36.0 Å². The minimum atomic E-state index is -4.38. The van der Waals surface area contributed by atoms with Gasteiger partial charge in [0.15, 0.2) is 9.84 Å². The highest BCUT2D eigenvalue weighted by atomic mass is 32.2. The highest BCUT2D eigenvalue weighted by Gasteiger charge is 2.41. The third-order valence-corrected chi connectivity index (χ3v) is 11.9. The number of hydrogen-bond acceptors (Lipinski definition) is 8. The second-order valence-corrected chi connectivity index (χ2v) is 15.9. The molecule has 12 heteroatoms. The number of nitrogens with one attached hydrogen (secondary N) is 2. The molecule has 0 radical (unpaired) electrons. The molecule has 3 heterocycles. The topological polar surface area (TPSA) is 83.1 Å². The van der Waals surface area contributed by atoms with E-state index in [4.69, 9.17) is 9.47 Å². The van der Waals surface area contributed by atoms with Crippen LogP contribution in [0.3, 0.4) is 0 Å². The second-order valence-electron chi connectivity index (χ2n) is 13.9. The van der Waals surface area contributed by atoms with Crippen molar-refractivity contribution in [2.24, 2.45) is 5.41 Å². The van der Waals surface area contributed by atoms with E-state index in [-0.39, 0.29) is 17.5 Å². The minimum Gasteiger partial charge on any atom is -0.495 e. The van der Waals surface area contributed by atoms with Crippen molar-refractivity contribution >= 4 is 15.5 Å². The van der Waals surface area contributed by atoms with Gasteiger partial charge in [-0.05, 0) is 106 Å². The number of fused-ring (bicyclic) bond motifs is 1. The number of ether oxygens (including phenoxy) is 2. The van der Waals surface area contributed by atoms with Crippen LogP contribution in [0.4, 0.5) is 18.9 Å². The Kier molecular flexibility index (Phi) is 10.4. The van der Waals surface area contributed by atoms with Crippen LogP contribution >= 0.6 is 0 Å². The zero-order chi connectivity index (χ0) is 33.9. The lowest BCUT2D eigenvalue weighted by atomic mass is 9.72. The molecule has 6 rings (SSSR count). The molecule has 1 unspecified atom stereocenters. The summed E-state index contributed by atoms with van der Waals surface area (Å²) in [5, 5.41) is 6.80. The number of sulfone groups is 1. The maximum atomic E-state index is 13.8. The van der Waals surface area contributed by atoms with Crippen LogP contribution in [0.5, 0.6) is 5.75 Å². The smallest absolute Gasteiger partial charge is 0.405 e. The Bertz CT molecular complexity index is 1590. The van der Waals surface area contributed by atoms with Gasteiger partial charge in [0.1, 0.15) is 12.3 Å². The summed E-state index contributed by atoms with van der Waals surface area (Å²) in [5.41, 5.74) is 3.12. The molecule has 3 fully saturated rings. The van der Waals surface area contributed by atoms with Crippen molar-refractivity contribution in [3.8, 4) is 17.6 Å². The number of rotatable bonds is 8. The molecule has 1 atom stereocenters. The number of anilines is 1. The number of halogens is 3. The summed E-state index contributed by atoms with van der Waals surface area (Å²) >= 11 is 0. The van der Waals surface area contributed by atoms with Crippen molar-refractivity contribution in [2.75, 3.05) is 58.1 Å². The molecule has 8 nitrogen and oxygen atoms in total. The van der Waals surface area contributed by atoms with Gasteiger partial charge in [-0.2, -0.15) is 13.2 Å². The van der Waals surface area contributed by atoms with Crippen LogP contribution in [-0.2, 0) is 14.6 Å². The first-order valence-corrected chi connectivity index (χ1v) is 19.0. The Labute approximate surface area is 282 Å².